The molecule has 0 aliphatic carbocycles. The number of nitrogens with one attached hydrogen (secondary N) is 1. The van der Waals surface area contributed by atoms with Gasteiger partial charge >= 0.3 is 5.97 Å². The van der Waals surface area contributed by atoms with Crippen LogP contribution in [0.2, 0.25) is 0 Å². The number of halogens is 1. The van der Waals surface area contributed by atoms with E-state index in [1.54, 1.807) is 13.0 Å². The second-order valence-electron chi connectivity index (χ2n) is 3.46. The normalized spacial score (nSPS) is 10.6. The highest BCUT2D eigenvalue weighted by molar-refractivity contribution is 9.10. The molecule has 104 valence electrons. The molecule has 1 aromatic rings. The molecule has 0 aromatic heterocycles. The Morgan fingerprint density at radius 3 is 2.85 bits per heavy atom. The summed E-state index contributed by atoms with van der Waals surface area (Å²) in [6.45, 7) is 1.80. The molecule has 0 fully saturated rings. The summed E-state index contributed by atoms with van der Waals surface area (Å²) >= 11 is 3.16. The number of hydrogen-bond donors (Lipinski definition) is 1. The Labute approximate surface area is 123 Å². The van der Waals surface area contributed by atoms with E-state index in [0.717, 1.165) is 0 Å². The summed E-state index contributed by atoms with van der Waals surface area (Å²) in [5.41, 5.74) is 0.210. The highest BCUT2D eigenvalue weighted by Gasteiger charge is 2.11. The zero-order valence-electron chi connectivity index (χ0n) is 10.4. The zero-order chi connectivity index (χ0) is 15.1. The van der Waals surface area contributed by atoms with Crippen molar-refractivity contribution in [2.24, 2.45) is 0 Å². The maximum Gasteiger partial charge on any atom is 0.350 e. The van der Waals surface area contributed by atoms with E-state index in [-0.39, 0.29) is 17.9 Å². The number of carbonyl (C=O) groups excluding carboxylic acids is 1. The molecule has 20 heavy (non-hydrogen) atoms. The van der Waals surface area contributed by atoms with Gasteiger partial charge in [-0.25, -0.2) is 4.79 Å². The predicted octanol–water partition coefficient (Wildman–Crippen LogP) is 2.74. The van der Waals surface area contributed by atoms with E-state index in [9.17, 15) is 14.9 Å². The largest absolute Gasteiger partial charge is 0.462 e. The van der Waals surface area contributed by atoms with E-state index in [1.165, 1.54) is 24.4 Å². The summed E-state index contributed by atoms with van der Waals surface area (Å²) in [6.07, 6.45) is 1.18. The second-order valence-corrected chi connectivity index (χ2v) is 4.31. The van der Waals surface area contributed by atoms with Gasteiger partial charge in [0.2, 0.25) is 0 Å². The number of benzene rings is 1. The second kappa shape index (κ2) is 7.25. The van der Waals surface area contributed by atoms with Gasteiger partial charge in [-0.15, -0.1) is 0 Å². The molecule has 0 atom stereocenters. The molecule has 1 rings (SSSR count). The summed E-state index contributed by atoms with van der Waals surface area (Å²) in [5.74, 6) is -0.736. The van der Waals surface area contributed by atoms with E-state index in [0.29, 0.717) is 10.2 Å². The van der Waals surface area contributed by atoms with Gasteiger partial charge in [-0.1, -0.05) is 0 Å². The van der Waals surface area contributed by atoms with Crippen LogP contribution in [0.1, 0.15) is 6.92 Å². The number of ether oxygens (including phenoxy) is 1. The number of esters is 1. The van der Waals surface area contributed by atoms with E-state index in [2.05, 4.69) is 21.2 Å². The summed E-state index contributed by atoms with van der Waals surface area (Å²) in [4.78, 5) is 21.4. The van der Waals surface area contributed by atoms with Crippen molar-refractivity contribution in [2.45, 2.75) is 6.92 Å². The molecule has 1 N–H and O–H groups in total. The third kappa shape index (κ3) is 4.07. The van der Waals surface area contributed by atoms with Gasteiger partial charge in [0.15, 0.2) is 5.57 Å². The van der Waals surface area contributed by atoms with Crippen molar-refractivity contribution < 1.29 is 14.5 Å². The Bertz CT molecular complexity index is 607. The van der Waals surface area contributed by atoms with E-state index in [1.807, 2.05) is 0 Å². The van der Waals surface area contributed by atoms with Crippen LogP contribution in [0.4, 0.5) is 11.4 Å². The van der Waals surface area contributed by atoms with Crippen LogP contribution in [-0.2, 0) is 9.53 Å². The summed E-state index contributed by atoms with van der Waals surface area (Å²) in [6, 6.07) is 5.78. The smallest absolute Gasteiger partial charge is 0.350 e. The molecular formula is C12H10BrN3O4. The molecule has 0 saturated carbocycles. The van der Waals surface area contributed by atoms with Crippen LogP contribution in [-0.4, -0.2) is 17.5 Å². The quantitative estimate of drug-likeness (QED) is 0.290. The number of hydrogen-bond acceptors (Lipinski definition) is 6. The molecule has 7 nitrogen and oxygen atoms in total. The summed E-state index contributed by atoms with van der Waals surface area (Å²) in [7, 11) is 0. The highest BCUT2D eigenvalue weighted by atomic mass is 79.9. The average molecular weight is 340 g/mol. The first-order chi connectivity index (χ1) is 9.49. The number of rotatable bonds is 5. The molecule has 0 radical (unpaired) electrons. The molecule has 0 amide bonds. The minimum absolute atomic E-state index is 0.0719. The Hall–Kier alpha value is -2.40. The number of non-ortho nitro benzene ring substituents is 1. The minimum Gasteiger partial charge on any atom is -0.462 e. The van der Waals surface area contributed by atoms with E-state index in [4.69, 9.17) is 10.00 Å². The first kappa shape index (κ1) is 15.7. The number of nitrogens with zero attached hydrogens (tertiary/aromatic N) is 2. The fourth-order valence-corrected chi connectivity index (χ4v) is 1.71. The van der Waals surface area contributed by atoms with Crippen LogP contribution >= 0.6 is 15.9 Å². The van der Waals surface area contributed by atoms with Gasteiger partial charge in [0.25, 0.3) is 5.69 Å². The molecular weight excluding hydrogens is 330 g/mol. The molecule has 0 aliphatic rings. The lowest BCUT2D eigenvalue weighted by atomic mass is 10.2. The van der Waals surface area contributed by atoms with Crippen molar-refractivity contribution in [3.8, 4) is 6.07 Å². The molecule has 1 aromatic carbocycles. The van der Waals surface area contributed by atoms with E-state index >= 15 is 0 Å². The van der Waals surface area contributed by atoms with Gasteiger partial charge in [0, 0.05) is 22.8 Å². The van der Waals surface area contributed by atoms with Crippen LogP contribution in [0, 0.1) is 21.4 Å². The van der Waals surface area contributed by atoms with Crippen molar-refractivity contribution in [1.82, 2.24) is 0 Å². The van der Waals surface area contributed by atoms with Crippen molar-refractivity contribution in [2.75, 3.05) is 11.9 Å². The molecule has 0 aliphatic heterocycles. The van der Waals surface area contributed by atoms with Crippen LogP contribution in [0.15, 0.2) is 34.4 Å². The van der Waals surface area contributed by atoms with Crippen LogP contribution in [0.25, 0.3) is 0 Å². The number of nitriles is 1. The Balaban J connectivity index is 2.91. The molecule has 0 spiro atoms. The van der Waals surface area contributed by atoms with Gasteiger partial charge < -0.3 is 10.1 Å². The van der Waals surface area contributed by atoms with Crippen molar-refractivity contribution in [1.29, 1.82) is 5.26 Å². The lowest BCUT2D eigenvalue weighted by Crippen LogP contribution is -2.08. The number of nitro benzene ring substituents is 1. The lowest BCUT2D eigenvalue weighted by Gasteiger charge is -2.05. The fraction of sp³-hybridized carbons (Fsp3) is 0.167. The average Bonchev–Trinajstić information content (AvgIpc) is 2.41. The topological polar surface area (TPSA) is 105 Å². The monoisotopic (exact) mass is 339 g/mol. The van der Waals surface area contributed by atoms with Gasteiger partial charge in [-0.3, -0.25) is 10.1 Å². The molecule has 8 heteroatoms. The van der Waals surface area contributed by atoms with Crippen LogP contribution < -0.4 is 5.32 Å². The summed E-state index contributed by atoms with van der Waals surface area (Å²) < 4.78 is 5.13. The Morgan fingerprint density at radius 1 is 1.65 bits per heavy atom. The maximum atomic E-state index is 11.4. The molecule has 0 heterocycles. The first-order valence-electron chi connectivity index (χ1n) is 5.47. The summed E-state index contributed by atoms with van der Waals surface area (Å²) in [5, 5.41) is 22.1. The zero-order valence-corrected chi connectivity index (χ0v) is 12.0. The highest BCUT2D eigenvalue weighted by Crippen LogP contribution is 2.27. The van der Waals surface area contributed by atoms with Crippen molar-refractivity contribution in [3.63, 3.8) is 0 Å². The first-order valence-corrected chi connectivity index (χ1v) is 6.26. The molecule has 0 unspecified atom stereocenters. The predicted molar refractivity (Wildman–Crippen MR) is 74.7 cm³/mol. The van der Waals surface area contributed by atoms with Gasteiger partial charge in [-0.2, -0.15) is 5.26 Å². The van der Waals surface area contributed by atoms with Crippen LogP contribution in [0.3, 0.4) is 0 Å². The fourth-order valence-electron chi connectivity index (χ4n) is 1.23. The van der Waals surface area contributed by atoms with Crippen molar-refractivity contribution >= 4 is 33.3 Å². The molecule has 0 bridgehead atoms. The van der Waals surface area contributed by atoms with Gasteiger partial charge in [0.1, 0.15) is 6.07 Å². The standard InChI is InChI=1S/C12H10BrN3O4/c1-2-20-12(17)8(6-14)7-15-11-4-3-9(16(18)19)5-10(11)13/h3-5,7,15H,2H2,1H3/b8-7-. The van der Waals surface area contributed by atoms with Gasteiger partial charge in [0.05, 0.1) is 17.2 Å². The Kier molecular flexibility index (Phi) is 5.68. The van der Waals surface area contributed by atoms with Gasteiger partial charge in [-0.05, 0) is 28.9 Å². The number of nitro groups is 1. The SMILES string of the molecule is CCOC(=O)/C(C#N)=C\Nc1ccc([N+](=O)[O-])cc1Br. The Morgan fingerprint density at radius 2 is 2.35 bits per heavy atom. The molecule has 0 saturated heterocycles. The third-order valence-electron chi connectivity index (χ3n) is 2.15. The number of anilines is 1. The number of carbonyl (C=O) groups is 1. The van der Waals surface area contributed by atoms with Crippen LogP contribution in [0.5, 0.6) is 0 Å². The lowest BCUT2D eigenvalue weighted by molar-refractivity contribution is -0.384. The third-order valence-corrected chi connectivity index (χ3v) is 2.81. The minimum atomic E-state index is -0.736. The maximum absolute atomic E-state index is 11.4. The van der Waals surface area contributed by atoms with Crippen molar-refractivity contribution in [3.05, 3.63) is 44.6 Å². The van der Waals surface area contributed by atoms with E-state index < -0.39 is 10.9 Å².